The number of rotatable bonds is 3. The van der Waals surface area contributed by atoms with Gasteiger partial charge >= 0.3 is 0 Å². The first-order valence-electron chi connectivity index (χ1n) is 6.39. The average Bonchev–Trinajstić information content (AvgIpc) is 2.46. The van der Waals surface area contributed by atoms with E-state index in [4.69, 9.17) is 0 Å². The monoisotopic (exact) mass is 329 g/mol. The molecule has 3 rings (SSSR count). The minimum absolute atomic E-state index is 0.242. The minimum Gasteiger partial charge on any atom is -0.380 e. The van der Waals surface area contributed by atoms with Crippen molar-refractivity contribution in [2.75, 3.05) is 5.32 Å². The van der Waals surface area contributed by atoms with Crippen molar-refractivity contribution in [2.24, 2.45) is 0 Å². The van der Waals surface area contributed by atoms with Gasteiger partial charge in [-0.05, 0) is 56.5 Å². The maximum absolute atomic E-state index is 13.0. The summed E-state index contributed by atoms with van der Waals surface area (Å²) in [5, 5.41) is 5.77. The van der Waals surface area contributed by atoms with Gasteiger partial charge in [0.25, 0.3) is 0 Å². The molecule has 0 radical (unpaired) electrons. The second-order valence-electron chi connectivity index (χ2n) is 4.66. The summed E-state index contributed by atoms with van der Waals surface area (Å²) in [7, 11) is 0. The Kier molecular flexibility index (Phi) is 3.70. The lowest BCUT2D eigenvalue weighted by Gasteiger charge is -2.09. The van der Waals surface area contributed by atoms with Gasteiger partial charge < -0.3 is 5.32 Å². The van der Waals surface area contributed by atoms with Crippen molar-refractivity contribution < 1.29 is 4.39 Å². The summed E-state index contributed by atoms with van der Waals surface area (Å²) in [5.74, 6) is -0.242. The maximum atomic E-state index is 13.0. The molecule has 1 N–H and O–H groups in total. The van der Waals surface area contributed by atoms with E-state index < -0.39 is 0 Å². The molecule has 20 heavy (non-hydrogen) atoms. The van der Waals surface area contributed by atoms with Crippen molar-refractivity contribution in [3.05, 3.63) is 76.5 Å². The lowest BCUT2D eigenvalue weighted by molar-refractivity contribution is 0.627. The lowest BCUT2D eigenvalue weighted by Crippen LogP contribution is -2.00. The molecule has 0 saturated carbocycles. The van der Waals surface area contributed by atoms with Crippen LogP contribution in [0.15, 0.2) is 65.1 Å². The molecule has 0 amide bonds. The summed E-state index contributed by atoms with van der Waals surface area (Å²) < 4.78 is 13.8. The highest BCUT2D eigenvalue weighted by atomic mass is 79.9. The van der Waals surface area contributed by atoms with Crippen LogP contribution in [0.5, 0.6) is 0 Å². The van der Waals surface area contributed by atoms with Gasteiger partial charge in [-0.2, -0.15) is 0 Å². The number of benzene rings is 3. The molecule has 3 aromatic rings. The topological polar surface area (TPSA) is 12.0 Å². The number of hydrogen-bond acceptors (Lipinski definition) is 1. The molecule has 3 heteroatoms. The van der Waals surface area contributed by atoms with Crippen LogP contribution in [0.25, 0.3) is 10.8 Å². The van der Waals surface area contributed by atoms with E-state index >= 15 is 0 Å². The van der Waals surface area contributed by atoms with Crippen LogP contribution in [-0.2, 0) is 6.54 Å². The molecular formula is C17H13BrFN. The van der Waals surface area contributed by atoms with Crippen LogP contribution in [0.4, 0.5) is 10.1 Å². The number of nitrogens with one attached hydrogen (secondary N) is 1. The van der Waals surface area contributed by atoms with Crippen LogP contribution >= 0.6 is 15.9 Å². The lowest BCUT2D eigenvalue weighted by atomic mass is 10.1. The van der Waals surface area contributed by atoms with Crippen molar-refractivity contribution in [2.45, 2.75) is 6.54 Å². The fraction of sp³-hybridized carbons (Fsp3) is 0.0588. The van der Waals surface area contributed by atoms with Gasteiger partial charge in [0.1, 0.15) is 5.82 Å². The zero-order valence-electron chi connectivity index (χ0n) is 10.7. The Morgan fingerprint density at radius 1 is 0.900 bits per heavy atom. The van der Waals surface area contributed by atoms with Gasteiger partial charge in [0.05, 0.1) is 0 Å². The van der Waals surface area contributed by atoms with E-state index in [0.717, 1.165) is 10.2 Å². The van der Waals surface area contributed by atoms with E-state index in [1.165, 1.54) is 28.5 Å². The predicted molar refractivity (Wildman–Crippen MR) is 85.4 cm³/mol. The smallest absolute Gasteiger partial charge is 0.124 e. The summed E-state index contributed by atoms with van der Waals surface area (Å²) in [6.07, 6.45) is 0. The van der Waals surface area contributed by atoms with Crippen molar-refractivity contribution in [3.63, 3.8) is 0 Å². The van der Waals surface area contributed by atoms with Crippen molar-refractivity contribution >= 4 is 32.4 Å². The Labute approximate surface area is 125 Å². The molecule has 0 saturated heterocycles. The first-order valence-corrected chi connectivity index (χ1v) is 7.18. The number of hydrogen-bond donors (Lipinski definition) is 1. The highest BCUT2D eigenvalue weighted by Crippen LogP contribution is 2.24. The van der Waals surface area contributed by atoms with Crippen LogP contribution in [0.2, 0.25) is 0 Å². The fourth-order valence-corrected chi connectivity index (χ4v) is 2.67. The average molecular weight is 330 g/mol. The normalized spacial score (nSPS) is 10.7. The minimum atomic E-state index is -0.242. The molecule has 0 aliphatic carbocycles. The molecule has 0 aromatic heterocycles. The first kappa shape index (κ1) is 13.1. The second kappa shape index (κ2) is 5.63. The van der Waals surface area contributed by atoms with E-state index in [2.05, 4.69) is 51.6 Å². The van der Waals surface area contributed by atoms with E-state index in [1.807, 2.05) is 12.1 Å². The van der Waals surface area contributed by atoms with Crippen molar-refractivity contribution in [1.29, 1.82) is 0 Å². The molecule has 1 nitrogen and oxygen atoms in total. The van der Waals surface area contributed by atoms with E-state index in [0.29, 0.717) is 6.54 Å². The summed E-state index contributed by atoms with van der Waals surface area (Å²) in [6, 6.07) is 19.3. The number of anilines is 1. The predicted octanol–water partition coefficient (Wildman–Crippen LogP) is 5.35. The summed E-state index contributed by atoms with van der Waals surface area (Å²) in [6.45, 7) is 0.703. The first-order chi connectivity index (χ1) is 9.72. The zero-order valence-corrected chi connectivity index (χ0v) is 12.3. The van der Waals surface area contributed by atoms with Crippen LogP contribution in [0.3, 0.4) is 0 Å². The van der Waals surface area contributed by atoms with Gasteiger partial charge in [0.15, 0.2) is 0 Å². The molecule has 0 aliphatic rings. The molecule has 0 heterocycles. The number of fused-ring (bicyclic) bond motifs is 1. The molecule has 0 atom stereocenters. The van der Waals surface area contributed by atoms with E-state index in [-0.39, 0.29) is 5.82 Å². The zero-order chi connectivity index (χ0) is 13.9. The van der Waals surface area contributed by atoms with Crippen molar-refractivity contribution in [1.82, 2.24) is 0 Å². The van der Waals surface area contributed by atoms with Crippen molar-refractivity contribution in [3.8, 4) is 0 Å². The Hall–Kier alpha value is -1.87. The van der Waals surface area contributed by atoms with Gasteiger partial charge in [-0.1, -0.05) is 36.4 Å². The third-order valence-electron chi connectivity index (χ3n) is 3.23. The molecule has 0 aliphatic heterocycles. The fourth-order valence-electron chi connectivity index (χ4n) is 2.18. The van der Waals surface area contributed by atoms with Crippen LogP contribution in [0, 0.1) is 5.82 Å². The molecule has 0 unspecified atom stereocenters. The van der Waals surface area contributed by atoms with Crippen LogP contribution in [-0.4, -0.2) is 0 Å². The maximum Gasteiger partial charge on any atom is 0.124 e. The third kappa shape index (κ3) is 2.83. The molecule has 100 valence electrons. The number of halogens is 2. The molecular weight excluding hydrogens is 317 g/mol. The van der Waals surface area contributed by atoms with E-state index in [1.54, 1.807) is 6.07 Å². The highest BCUT2D eigenvalue weighted by Gasteiger charge is 2.02. The summed E-state index contributed by atoms with van der Waals surface area (Å²) in [4.78, 5) is 0. The third-order valence-corrected chi connectivity index (χ3v) is 3.88. The Morgan fingerprint density at radius 3 is 2.50 bits per heavy atom. The van der Waals surface area contributed by atoms with Crippen LogP contribution in [0.1, 0.15) is 5.56 Å². The van der Waals surface area contributed by atoms with Gasteiger partial charge in [-0.15, -0.1) is 0 Å². The molecule has 0 bridgehead atoms. The highest BCUT2D eigenvalue weighted by molar-refractivity contribution is 9.10. The van der Waals surface area contributed by atoms with Gasteiger partial charge in [0.2, 0.25) is 0 Å². The second-order valence-corrected chi connectivity index (χ2v) is 5.51. The molecule has 0 spiro atoms. The SMILES string of the molecule is Fc1ccc(NCc2ccc3ccccc3c2)c(Br)c1. The van der Waals surface area contributed by atoms with Gasteiger partial charge in [-0.25, -0.2) is 4.39 Å². The molecule has 3 aromatic carbocycles. The standard InChI is InChI=1S/C17H13BrFN/c18-16-10-15(19)7-8-17(16)20-11-12-5-6-13-3-1-2-4-14(13)9-12/h1-10,20H,11H2. The quantitative estimate of drug-likeness (QED) is 0.682. The Morgan fingerprint density at radius 2 is 1.70 bits per heavy atom. The van der Waals surface area contributed by atoms with Gasteiger partial charge in [0, 0.05) is 16.7 Å². The Balaban J connectivity index is 1.79. The van der Waals surface area contributed by atoms with Crippen LogP contribution < -0.4 is 5.32 Å². The van der Waals surface area contributed by atoms with Gasteiger partial charge in [-0.3, -0.25) is 0 Å². The Bertz CT molecular complexity index is 755. The summed E-state index contributed by atoms with van der Waals surface area (Å²) >= 11 is 3.36. The summed E-state index contributed by atoms with van der Waals surface area (Å²) in [5.41, 5.74) is 2.08. The van der Waals surface area contributed by atoms with E-state index in [9.17, 15) is 4.39 Å². The largest absolute Gasteiger partial charge is 0.380 e. The molecule has 0 fully saturated rings.